The highest BCUT2D eigenvalue weighted by Gasteiger charge is 2.51. The van der Waals surface area contributed by atoms with E-state index < -0.39 is 0 Å². The van der Waals surface area contributed by atoms with Gasteiger partial charge in [-0.3, -0.25) is 14.5 Å². The molecule has 6 rings (SSSR count). The number of hydrogen-bond donors (Lipinski definition) is 1. The number of rotatable bonds is 6. The summed E-state index contributed by atoms with van der Waals surface area (Å²) >= 11 is 0. The molecule has 0 aromatic heterocycles. The number of morpholine rings is 1. The Morgan fingerprint density at radius 1 is 0.900 bits per heavy atom. The van der Waals surface area contributed by atoms with Gasteiger partial charge in [-0.1, -0.05) is 0 Å². The van der Waals surface area contributed by atoms with Crippen molar-refractivity contribution in [3.05, 3.63) is 0 Å². The quantitative estimate of drug-likeness (QED) is 0.720. The average molecular weight is 418 g/mol. The van der Waals surface area contributed by atoms with Crippen molar-refractivity contribution in [2.24, 2.45) is 29.1 Å². The predicted octanol–water partition coefficient (Wildman–Crippen LogP) is 2.28. The summed E-state index contributed by atoms with van der Waals surface area (Å²) in [5, 5.41) is 2.98. The smallest absolute Gasteiger partial charge is 0.241 e. The second-order valence-electron chi connectivity index (χ2n) is 11.1. The molecule has 0 unspecified atom stereocenters. The fraction of sp³-hybridized carbons (Fsp3) is 0.917. The van der Waals surface area contributed by atoms with E-state index in [1.54, 1.807) is 0 Å². The molecule has 0 atom stereocenters. The number of nitrogens with zero attached hydrogens (tertiary/aromatic N) is 2. The average Bonchev–Trinajstić information content (AvgIpc) is 2.72. The molecule has 168 valence electrons. The second-order valence-corrected chi connectivity index (χ2v) is 11.1. The van der Waals surface area contributed by atoms with Gasteiger partial charge >= 0.3 is 0 Å². The number of ether oxygens (including phenoxy) is 1. The van der Waals surface area contributed by atoms with Crippen LogP contribution in [-0.2, 0) is 14.3 Å². The topological polar surface area (TPSA) is 61.9 Å². The summed E-state index contributed by atoms with van der Waals surface area (Å²) in [6, 6.07) is 0. The third-order valence-corrected chi connectivity index (χ3v) is 8.72. The van der Waals surface area contributed by atoms with E-state index in [0.29, 0.717) is 12.3 Å². The molecule has 6 nitrogen and oxygen atoms in total. The SMILES string of the molecule is O=C(CC12CC3CC(CC(C3)C1)C2)NCC(=O)N1CCC(CN2CCOCC2)CC1. The molecule has 6 heteroatoms. The zero-order chi connectivity index (χ0) is 20.6. The van der Waals surface area contributed by atoms with Crippen molar-refractivity contribution >= 4 is 11.8 Å². The zero-order valence-corrected chi connectivity index (χ0v) is 18.4. The molecule has 6 aliphatic rings. The van der Waals surface area contributed by atoms with Gasteiger partial charge in [-0.05, 0) is 80.5 Å². The molecule has 4 aliphatic carbocycles. The second kappa shape index (κ2) is 8.78. The van der Waals surface area contributed by atoms with Crippen LogP contribution in [0.25, 0.3) is 0 Å². The normalized spacial score (nSPS) is 36.8. The van der Waals surface area contributed by atoms with Crippen molar-refractivity contribution in [1.29, 1.82) is 0 Å². The van der Waals surface area contributed by atoms with Crippen molar-refractivity contribution in [3.63, 3.8) is 0 Å². The van der Waals surface area contributed by atoms with Crippen LogP contribution in [0.15, 0.2) is 0 Å². The van der Waals surface area contributed by atoms with Crippen LogP contribution in [0, 0.1) is 29.1 Å². The largest absolute Gasteiger partial charge is 0.379 e. The maximum Gasteiger partial charge on any atom is 0.241 e. The van der Waals surface area contributed by atoms with Crippen LogP contribution in [0.3, 0.4) is 0 Å². The van der Waals surface area contributed by atoms with Gasteiger partial charge in [-0.2, -0.15) is 0 Å². The first-order valence-electron chi connectivity index (χ1n) is 12.4. The van der Waals surface area contributed by atoms with Crippen LogP contribution < -0.4 is 5.32 Å². The van der Waals surface area contributed by atoms with Crippen LogP contribution in [-0.4, -0.2) is 74.1 Å². The lowest BCUT2D eigenvalue weighted by molar-refractivity contribution is -0.136. The van der Waals surface area contributed by atoms with Gasteiger partial charge in [0.05, 0.1) is 19.8 Å². The Labute approximate surface area is 181 Å². The van der Waals surface area contributed by atoms with E-state index in [1.807, 2.05) is 4.90 Å². The third-order valence-electron chi connectivity index (χ3n) is 8.72. The molecule has 0 spiro atoms. The van der Waals surface area contributed by atoms with Crippen LogP contribution in [0.1, 0.15) is 57.8 Å². The fourth-order valence-corrected chi connectivity index (χ4v) is 7.71. The first-order chi connectivity index (χ1) is 14.6. The molecule has 30 heavy (non-hydrogen) atoms. The molecule has 4 saturated carbocycles. The van der Waals surface area contributed by atoms with Crippen LogP contribution >= 0.6 is 0 Å². The molecule has 0 radical (unpaired) electrons. The van der Waals surface area contributed by atoms with Crippen LogP contribution in [0.5, 0.6) is 0 Å². The first kappa shape index (κ1) is 20.7. The molecule has 0 aromatic rings. The molecule has 2 amide bonds. The minimum absolute atomic E-state index is 0.0960. The van der Waals surface area contributed by atoms with Crippen molar-refractivity contribution < 1.29 is 14.3 Å². The molecule has 0 aromatic carbocycles. The number of piperidine rings is 1. The third kappa shape index (κ3) is 4.69. The summed E-state index contributed by atoms with van der Waals surface area (Å²) in [5.41, 5.74) is 0.250. The maximum absolute atomic E-state index is 12.7. The number of likely N-dealkylation sites (tertiary alicyclic amines) is 1. The Balaban J connectivity index is 1.03. The van der Waals surface area contributed by atoms with E-state index in [1.165, 1.54) is 38.5 Å². The summed E-state index contributed by atoms with van der Waals surface area (Å²) in [4.78, 5) is 29.8. The Kier molecular flexibility index (Phi) is 6.07. The lowest BCUT2D eigenvalue weighted by Gasteiger charge is -2.56. The lowest BCUT2D eigenvalue weighted by atomic mass is 9.49. The molecule has 6 fully saturated rings. The predicted molar refractivity (Wildman–Crippen MR) is 115 cm³/mol. The van der Waals surface area contributed by atoms with Crippen molar-refractivity contribution in [2.45, 2.75) is 57.8 Å². The number of carbonyl (C=O) groups excluding carboxylic acids is 2. The highest BCUT2D eigenvalue weighted by molar-refractivity contribution is 5.85. The van der Waals surface area contributed by atoms with Gasteiger partial charge < -0.3 is 15.0 Å². The first-order valence-corrected chi connectivity index (χ1v) is 12.4. The van der Waals surface area contributed by atoms with E-state index >= 15 is 0 Å². The Morgan fingerprint density at radius 3 is 2.10 bits per heavy atom. The monoisotopic (exact) mass is 417 g/mol. The van der Waals surface area contributed by atoms with E-state index in [-0.39, 0.29) is 23.8 Å². The molecule has 4 bridgehead atoms. The molecular weight excluding hydrogens is 378 g/mol. The zero-order valence-electron chi connectivity index (χ0n) is 18.4. The lowest BCUT2D eigenvalue weighted by Crippen LogP contribution is -2.49. The van der Waals surface area contributed by atoms with Gasteiger partial charge in [0.15, 0.2) is 0 Å². The Morgan fingerprint density at radius 2 is 1.50 bits per heavy atom. The molecular formula is C24H39N3O3. The maximum atomic E-state index is 12.7. The number of hydrogen-bond acceptors (Lipinski definition) is 4. The van der Waals surface area contributed by atoms with Crippen molar-refractivity contribution in [2.75, 3.05) is 52.5 Å². The van der Waals surface area contributed by atoms with Gasteiger partial charge in [-0.15, -0.1) is 0 Å². The van der Waals surface area contributed by atoms with Gasteiger partial charge in [0.1, 0.15) is 0 Å². The summed E-state index contributed by atoms with van der Waals surface area (Å²) in [6.07, 6.45) is 10.7. The summed E-state index contributed by atoms with van der Waals surface area (Å²) in [7, 11) is 0. The van der Waals surface area contributed by atoms with Gasteiger partial charge in [0.2, 0.25) is 11.8 Å². The molecule has 2 heterocycles. The van der Waals surface area contributed by atoms with Crippen molar-refractivity contribution in [1.82, 2.24) is 15.1 Å². The highest BCUT2D eigenvalue weighted by atomic mass is 16.5. The van der Waals surface area contributed by atoms with Gasteiger partial charge in [-0.25, -0.2) is 0 Å². The minimum atomic E-state index is 0.0960. The van der Waals surface area contributed by atoms with E-state index in [4.69, 9.17) is 4.74 Å². The summed E-state index contributed by atoms with van der Waals surface area (Å²) in [5.74, 6) is 3.47. The molecule has 2 saturated heterocycles. The van der Waals surface area contributed by atoms with Crippen molar-refractivity contribution in [3.8, 4) is 0 Å². The summed E-state index contributed by atoms with van der Waals surface area (Å²) in [6.45, 7) is 6.74. The fourth-order valence-electron chi connectivity index (χ4n) is 7.71. The number of amides is 2. The van der Waals surface area contributed by atoms with Crippen LogP contribution in [0.4, 0.5) is 0 Å². The van der Waals surface area contributed by atoms with E-state index in [0.717, 1.165) is 76.5 Å². The van der Waals surface area contributed by atoms with E-state index in [9.17, 15) is 9.59 Å². The standard InChI is InChI=1S/C24H39N3O3/c28-22(15-24-12-19-9-20(13-24)11-21(10-19)14-24)25-16-23(29)27-3-1-18(2-4-27)17-26-5-7-30-8-6-26/h18-21H,1-17H2,(H,25,28). The molecule has 2 aliphatic heterocycles. The number of carbonyl (C=O) groups is 2. The highest BCUT2D eigenvalue weighted by Crippen LogP contribution is 2.61. The Bertz CT molecular complexity index is 602. The summed E-state index contributed by atoms with van der Waals surface area (Å²) < 4.78 is 5.43. The Hall–Kier alpha value is -1.14. The minimum Gasteiger partial charge on any atom is -0.379 e. The number of nitrogens with one attached hydrogen (secondary N) is 1. The molecule has 1 N–H and O–H groups in total. The van der Waals surface area contributed by atoms with E-state index in [2.05, 4.69) is 10.2 Å². The van der Waals surface area contributed by atoms with Gasteiger partial charge in [0.25, 0.3) is 0 Å². The van der Waals surface area contributed by atoms with Crippen LogP contribution in [0.2, 0.25) is 0 Å². The van der Waals surface area contributed by atoms with Gasteiger partial charge in [0, 0.05) is 39.1 Å².